The van der Waals surface area contributed by atoms with E-state index < -0.39 is 10.8 Å². The lowest BCUT2D eigenvalue weighted by Crippen LogP contribution is -2.43. The maximum Gasteiger partial charge on any atom is 0.227 e. The van der Waals surface area contributed by atoms with Gasteiger partial charge in [0.25, 0.3) is 0 Å². The van der Waals surface area contributed by atoms with E-state index >= 15 is 0 Å². The van der Waals surface area contributed by atoms with Crippen LogP contribution in [0.15, 0.2) is 53.4 Å². The molecule has 8 heteroatoms. The van der Waals surface area contributed by atoms with Crippen molar-refractivity contribution in [2.75, 3.05) is 29.1 Å². The number of ether oxygens (including phenoxy) is 1. The zero-order valence-corrected chi connectivity index (χ0v) is 18.3. The third kappa shape index (κ3) is 3.29. The van der Waals surface area contributed by atoms with Gasteiger partial charge in [0.2, 0.25) is 5.95 Å². The fourth-order valence-electron chi connectivity index (χ4n) is 4.98. The molecule has 1 unspecified atom stereocenters. The summed E-state index contributed by atoms with van der Waals surface area (Å²) in [6.45, 7) is 2.21. The minimum Gasteiger partial charge on any atom is -0.365 e. The van der Waals surface area contributed by atoms with Crippen LogP contribution in [-0.2, 0) is 34.2 Å². The van der Waals surface area contributed by atoms with E-state index in [4.69, 9.17) is 14.7 Å². The Labute approximate surface area is 188 Å². The van der Waals surface area contributed by atoms with Crippen LogP contribution >= 0.6 is 0 Å². The van der Waals surface area contributed by atoms with Crippen LogP contribution in [0.2, 0.25) is 0 Å². The Morgan fingerprint density at radius 1 is 1.09 bits per heavy atom. The van der Waals surface area contributed by atoms with E-state index in [0.717, 1.165) is 31.6 Å². The highest BCUT2D eigenvalue weighted by Crippen LogP contribution is 2.44. The van der Waals surface area contributed by atoms with Crippen LogP contribution < -0.4 is 10.2 Å². The highest BCUT2D eigenvalue weighted by Gasteiger charge is 2.43. The molecule has 1 fully saturated rings. The van der Waals surface area contributed by atoms with Gasteiger partial charge in [0.05, 0.1) is 28.7 Å². The molecule has 1 spiro atoms. The second kappa shape index (κ2) is 7.64. The van der Waals surface area contributed by atoms with Gasteiger partial charge >= 0.3 is 0 Å². The number of aromatic nitrogens is 2. The fourth-order valence-corrected chi connectivity index (χ4v) is 6.28. The molecule has 6 rings (SSSR count). The molecule has 0 amide bonds. The topological polar surface area (TPSA) is 67.4 Å². The molecule has 3 aliphatic heterocycles. The van der Waals surface area contributed by atoms with Gasteiger partial charge in [-0.15, -0.1) is 0 Å². The van der Waals surface area contributed by atoms with Crippen LogP contribution in [0.1, 0.15) is 29.7 Å². The lowest BCUT2D eigenvalue weighted by atomic mass is 9.84. The van der Waals surface area contributed by atoms with Crippen molar-refractivity contribution in [1.29, 1.82) is 0 Å². The second-order valence-electron chi connectivity index (χ2n) is 8.51. The van der Waals surface area contributed by atoms with Crippen molar-refractivity contribution < 1.29 is 13.3 Å². The first-order chi connectivity index (χ1) is 15.6. The van der Waals surface area contributed by atoms with Crippen LogP contribution in [0.4, 0.5) is 21.8 Å². The molecule has 0 radical (unpaired) electrons. The molecule has 2 aromatic carbocycles. The van der Waals surface area contributed by atoms with Crippen LogP contribution in [0.5, 0.6) is 0 Å². The van der Waals surface area contributed by atoms with Gasteiger partial charge < -0.3 is 15.0 Å². The molecule has 0 bridgehead atoms. The standard InChI is InChI=1S/C24H23FN4O2S/c25-17-5-3-6-18(14-17)26-22-21-20(8-13-32(21)30)27-23(28-22)29-11-9-24(10-12-29)19-7-2-1-4-16(19)15-31-24/h1-7,14H,8-13,15H2,(H,26,27,28). The first-order valence-corrected chi connectivity index (χ1v) is 12.2. The number of halogens is 1. The molecule has 164 valence electrons. The summed E-state index contributed by atoms with van der Waals surface area (Å²) in [7, 11) is -1.15. The molecule has 0 aliphatic carbocycles. The van der Waals surface area contributed by atoms with E-state index in [-0.39, 0.29) is 11.4 Å². The fraction of sp³-hybridized carbons (Fsp3) is 0.333. The number of hydrogen-bond acceptors (Lipinski definition) is 6. The van der Waals surface area contributed by atoms with Gasteiger partial charge in [-0.3, -0.25) is 4.21 Å². The predicted octanol–water partition coefficient (Wildman–Crippen LogP) is 4.05. The number of rotatable bonds is 3. The summed E-state index contributed by atoms with van der Waals surface area (Å²) in [5, 5.41) is 3.18. The summed E-state index contributed by atoms with van der Waals surface area (Å²) in [6, 6.07) is 14.7. The lowest BCUT2D eigenvalue weighted by molar-refractivity contribution is -0.0552. The van der Waals surface area contributed by atoms with Crippen molar-refractivity contribution in [2.24, 2.45) is 0 Å². The predicted molar refractivity (Wildman–Crippen MR) is 121 cm³/mol. The molecule has 1 saturated heterocycles. The monoisotopic (exact) mass is 450 g/mol. The molecule has 6 nitrogen and oxygen atoms in total. The van der Waals surface area contributed by atoms with Crippen molar-refractivity contribution >= 4 is 28.3 Å². The third-order valence-electron chi connectivity index (χ3n) is 6.63. The Balaban J connectivity index is 1.29. The van der Waals surface area contributed by atoms with Gasteiger partial charge in [-0.2, -0.15) is 4.98 Å². The van der Waals surface area contributed by atoms with E-state index in [1.54, 1.807) is 12.1 Å². The van der Waals surface area contributed by atoms with Crippen molar-refractivity contribution in [3.05, 3.63) is 71.2 Å². The van der Waals surface area contributed by atoms with Gasteiger partial charge in [-0.25, -0.2) is 9.37 Å². The maximum absolute atomic E-state index is 13.7. The minimum atomic E-state index is -1.15. The quantitative estimate of drug-likeness (QED) is 0.650. The summed E-state index contributed by atoms with van der Waals surface area (Å²) < 4.78 is 32.6. The SMILES string of the molecule is O=S1CCc2nc(N3CCC4(CC3)OCc3ccccc34)nc(Nc3cccc(F)c3)c21. The summed E-state index contributed by atoms with van der Waals surface area (Å²) in [5.41, 5.74) is 3.75. The Bertz CT molecular complexity index is 1230. The number of piperidine rings is 1. The normalized spacial score (nSPS) is 20.9. The maximum atomic E-state index is 13.7. The number of nitrogens with one attached hydrogen (secondary N) is 1. The van der Waals surface area contributed by atoms with Crippen LogP contribution in [0.25, 0.3) is 0 Å². The van der Waals surface area contributed by atoms with E-state index in [1.165, 1.54) is 23.3 Å². The first-order valence-electron chi connectivity index (χ1n) is 10.9. The second-order valence-corrected chi connectivity index (χ2v) is 10.0. The molecule has 32 heavy (non-hydrogen) atoms. The van der Waals surface area contributed by atoms with Crippen molar-refractivity contribution in [1.82, 2.24) is 9.97 Å². The first kappa shape index (κ1) is 19.8. The average Bonchev–Trinajstić information content (AvgIpc) is 3.36. The van der Waals surface area contributed by atoms with Gasteiger partial charge in [-0.1, -0.05) is 30.3 Å². The van der Waals surface area contributed by atoms with E-state index in [0.29, 0.717) is 41.1 Å². The van der Waals surface area contributed by atoms with Gasteiger partial charge in [0.15, 0.2) is 5.82 Å². The van der Waals surface area contributed by atoms with E-state index in [9.17, 15) is 8.60 Å². The van der Waals surface area contributed by atoms with Crippen LogP contribution in [0.3, 0.4) is 0 Å². The van der Waals surface area contributed by atoms with Crippen LogP contribution in [0, 0.1) is 5.82 Å². The Morgan fingerprint density at radius 2 is 1.94 bits per heavy atom. The molecule has 3 aliphatic rings. The summed E-state index contributed by atoms with van der Waals surface area (Å²) in [5.74, 6) is 1.34. The molecule has 1 atom stereocenters. The van der Waals surface area contributed by atoms with Crippen molar-refractivity contribution in [3.8, 4) is 0 Å². The van der Waals surface area contributed by atoms with Crippen molar-refractivity contribution in [3.63, 3.8) is 0 Å². The van der Waals surface area contributed by atoms with Gasteiger partial charge in [0, 0.05) is 31.0 Å². The zero-order valence-electron chi connectivity index (χ0n) is 17.5. The largest absolute Gasteiger partial charge is 0.365 e. The number of hydrogen-bond donors (Lipinski definition) is 1. The molecule has 3 aromatic rings. The third-order valence-corrected chi connectivity index (χ3v) is 8.09. The minimum absolute atomic E-state index is 0.228. The molecule has 0 saturated carbocycles. The van der Waals surface area contributed by atoms with Crippen molar-refractivity contribution in [2.45, 2.75) is 36.4 Å². The van der Waals surface area contributed by atoms with E-state index in [1.807, 2.05) is 0 Å². The Hall–Kier alpha value is -2.84. The summed E-state index contributed by atoms with van der Waals surface area (Å²) in [4.78, 5) is 12.3. The number of fused-ring (bicyclic) bond motifs is 3. The molecular formula is C24H23FN4O2S. The van der Waals surface area contributed by atoms with Gasteiger partial charge in [0.1, 0.15) is 10.7 Å². The van der Waals surface area contributed by atoms with Crippen LogP contribution in [-0.4, -0.2) is 33.0 Å². The highest BCUT2D eigenvalue weighted by molar-refractivity contribution is 7.85. The summed E-state index contributed by atoms with van der Waals surface area (Å²) in [6.07, 6.45) is 2.38. The van der Waals surface area contributed by atoms with Gasteiger partial charge in [-0.05, 0) is 42.2 Å². The molecular weight excluding hydrogens is 427 g/mol. The van der Waals surface area contributed by atoms with E-state index in [2.05, 4.69) is 34.5 Å². The Kier molecular flexibility index (Phi) is 4.73. The number of benzene rings is 2. The smallest absolute Gasteiger partial charge is 0.227 e. The number of anilines is 3. The number of aryl methyl sites for hydroxylation is 1. The molecule has 4 heterocycles. The molecule has 1 N–H and O–H groups in total. The lowest BCUT2D eigenvalue weighted by Gasteiger charge is -2.39. The molecule has 1 aromatic heterocycles. The summed E-state index contributed by atoms with van der Waals surface area (Å²) >= 11 is 0. The Morgan fingerprint density at radius 3 is 2.78 bits per heavy atom. The highest BCUT2D eigenvalue weighted by atomic mass is 32.2. The average molecular weight is 451 g/mol. The number of nitrogens with zero attached hydrogens (tertiary/aromatic N) is 3. The zero-order chi connectivity index (χ0) is 21.7.